The number of nitrogens with zero attached hydrogens (tertiary/aromatic N) is 1. The predicted octanol–water partition coefficient (Wildman–Crippen LogP) is 6.85. The zero-order valence-corrected chi connectivity index (χ0v) is 16.3. The Morgan fingerprint density at radius 2 is 1.67 bits per heavy atom. The molecule has 0 fully saturated rings. The van der Waals surface area contributed by atoms with Crippen molar-refractivity contribution in [1.29, 1.82) is 0 Å². The molecule has 1 aromatic heterocycles. The molecule has 134 valence electrons. The Labute approximate surface area is 164 Å². The number of pyridine rings is 1. The van der Waals surface area contributed by atoms with E-state index in [1.54, 1.807) is 7.11 Å². The smallest absolute Gasteiger partial charge is 0.137 e. The Bertz CT molecular complexity index is 1150. The summed E-state index contributed by atoms with van der Waals surface area (Å²) in [6.45, 7) is 4.19. The fraction of sp³-hybridized carbons (Fsp3) is 0.125. The van der Waals surface area contributed by atoms with Crippen molar-refractivity contribution < 1.29 is 4.74 Å². The maximum absolute atomic E-state index is 6.60. The lowest BCUT2D eigenvalue weighted by Crippen LogP contribution is -1.96. The summed E-state index contributed by atoms with van der Waals surface area (Å²) in [5, 5.41) is 2.58. The zero-order chi connectivity index (χ0) is 19.0. The molecule has 1 heterocycles. The minimum Gasteiger partial charge on any atom is -0.497 e. The summed E-state index contributed by atoms with van der Waals surface area (Å²) in [6, 6.07) is 22.7. The molecule has 0 spiro atoms. The lowest BCUT2D eigenvalue weighted by Gasteiger charge is -2.17. The number of fused-ring (bicyclic) bond motifs is 1. The lowest BCUT2D eigenvalue weighted by atomic mass is 9.92. The number of rotatable bonds is 3. The zero-order valence-electron chi connectivity index (χ0n) is 15.6. The van der Waals surface area contributed by atoms with Crippen LogP contribution in [0.4, 0.5) is 0 Å². The van der Waals surface area contributed by atoms with Crippen molar-refractivity contribution in [2.45, 2.75) is 13.8 Å². The third-order valence-electron chi connectivity index (χ3n) is 4.87. The molecule has 0 atom stereocenters. The summed E-state index contributed by atoms with van der Waals surface area (Å²) < 4.78 is 5.46. The number of aromatic nitrogens is 1. The van der Waals surface area contributed by atoms with Crippen LogP contribution in [0.25, 0.3) is 33.2 Å². The minimum atomic E-state index is 0.523. The standard InChI is InChI=1S/C24H20ClNO/c1-15-11-12-20-21(13-15)22(17-8-6-9-18(14-17)27-3)23(26-24(20)25)19-10-5-4-7-16(19)2/h4-14H,1-3H3. The highest BCUT2D eigenvalue weighted by molar-refractivity contribution is 6.35. The first-order valence-corrected chi connectivity index (χ1v) is 9.26. The second kappa shape index (κ2) is 7.05. The van der Waals surface area contributed by atoms with E-state index in [1.165, 1.54) is 5.56 Å². The molecule has 0 aliphatic heterocycles. The fourth-order valence-corrected chi connectivity index (χ4v) is 3.74. The summed E-state index contributed by atoms with van der Waals surface area (Å²) in [5.74, 6) is 0.819. The summed E-state index contributed by atoms with van der Waals surface area (Å²) in [5.41, 5.74) is 6.46. The van der Waals surface area contributed by atoms with Crippen LogP contribution in [0.2, 0.25) is 5.15 Å². The molecule has 0 radical (unpaired) electrons. The number of methoxy groups -OCH3 is 1. The number of benzene rings is 3. The van der Waals surface area contributed by atoms with E-state index in [9.17, 15) is 0 Å². The molecule has 4 rings (SSSR count). The number of aryl methyl sites for hydroxylation is 2. The van der Waals surface area contributed by atoms with E-state index in [0.29, 0.717) is 5.15 Å². The molecule has 0 amide bonds. The first-order valence-electron chi connectivity index (χ1n) is 8.89. The Morgan fingerprint density at radius 1 is 0.852 bits per heavy atom. The number of halogens is 1. The Hall–Kier alpha value is -2.84. The van der Waals surface area contributed by atoms with Crippen molar-refractivity contribution in [3.05, 3.63) is 83.0 Å². The first kappa shape index (κ1) is 17.6. The second-order valence-electron chi connectivity index (χ2n) is 6.72. The number of hydrogen-bond acceptors (Lipinski definition) is 2. The molecule has 0 aliphatic rings. The molecule has 0 aliphatic carbocycles. The van der Waals surface area contributed by atoms with Gasteiger partial charge in [0, 0.05) is 16.5 Å². The molecule has 0 saturated carbocycles. The van der Waals surface area contributed by atoms with Crippen LogP contribution in [-0.4, -0.2) is 12.1 Å². The van der Waals surface area contributed by atoms with E-state index in [-0.39, 0.29) is 0 Å². The molecule has 0 bridgehead atoms. The lowest BCUT2D eigenvalue weighted by molar-refractivity contribution is 0.415. The maximum Gasteiger partial charge on any atom is 0.137 e. The van der Waals surface area contributed by atoms with Gasteiger partial charge in [-0.05, 0) is 42.5 Å². The van der Waals surface area contributed by atoms with Gasteiger partial charge in [-0.2, -0.15) is 0 Å². The van der Waals surface area contributed by atoms with Gasteiger partial charge in [0.25, 0.3) is 0 Å². The third kappa shape index (κ3) is 3.17. The van der Waals surface area contributed by atoms with Crippen LogP contribution in [0.3, 0.4) is 0 Å². The Balaban J connectivity index is 2.15. The van der Waals surface area contributed by atoms with E-state index in [4.69, 9.17) is 21.3 Å². The fourth-order valence-electron chi connectivity index (χ4n) is 3.49. The first-order chi connectivity index (χ1) is 13.1. The molecule has 0 N–H and O–H groups in total. The summed E-state index contributed by atoms with van der Waals surface area (Å²) in [4.78, 5) is 4.82. The molecule has 4 aromatic rings. The molecule has 0 unspecified atom stereocenters. The molecule has 27 heavy (non-hydrogen) atoms. The monoisotopic (exact) mass is 373 g/mol. The minimum absolute atomic E-state index is 0.523. The van der Waals surface area contributed by atoms with Gasteiger partial charge in [-0.15, -0.1) is 0 Å². The van der Waals surface area contributed by atoms with Crippen molar-refractivity contribution in [2.24, 2.45) is 0 Å². The van der Waals surface area contributed by atoms with Gasteiger partial charge in [-0.1, -0.05) is 71.8 Å². The average Bonchev–Trinajstić information content (AvgIpc) is 2.68. The van der Waals surface area contributed by atoms with Crippen molar-refractivity contribution in [3.63, 3.8) is 0 Å². The van der Waals surface area contributed by atoms with Gasteiger partial charge in [0.2, 0.25) is 0 Å². The quantitative estimate of drug-likeness (QED) is 0.366. The van der Waals surface area contributed by atoms with Gasteiger partial charge in [-0.3, -0.25) is 0 Å². The Morgan fingerprint density at radius 3 is 2.44 bits per heavy atom. The summed E-state index contributed by atoms with van der Waals surface area (Å²) >= 11 is 6.60. The highest BCUT2D eigenvalue weighted by Crippen LogP contribution is 2.41. The van der Waals surface area contributed by atoms with Crippen LogP contribution in [0, 0.1) is 13.8 Å². The van der Waals surface area contributed by atoms with Gasteiger partial charge in [0.15, 0.2) is 0 Å². The molecular weight excluding hydrogens is 354 g/mol. The van der Waals surface area contributed by atoms with E-state index >= 15 is 0 Å². The average molecular weight is 374 g/mol. The topological polar surface area (TPSA) is 22.1 Å². The highest BCUT2D eigenvalue weighted by atomic mass is 35.5. The van der Waals surface area contributed by atoms with Gasteiger partial charge >= 0.3 is 0 Å². The number of ether oxygens (including phenoxy) is 1. The molecule has 3 aromatic carbocycles. The van der Waals surface area contributed by atoms with Crippen molar-refractivity contribution in [1.82, 2.24) is 4.98 Å². The predicted molar refractivity (Wildman–Crippen MR) is 114 cm³/mol. The molecular formula is C24H20ClNO. The van der Waals surface area contributed by atoms with E-state index in [2.05, 4.69) is 50.2 Å². The van der Waals surface area contributed by atoms with Crippen LogP contribution in [-0.2, 0) is 0 Å². The van der Waals surface area contributed by atoms with E-state index < -0.39 is 0 Å². The van der Waals surface area contributed by atoms with Crippen LogP contribution in [0.15, 0.2) is 66.7 Å². The van der Waals surface area contributed by atoms with E-state index in [1.807, 2.05) is 30.3 Å². The van der Waals surface area contributed by atoms with Gasteiger partial charge in [0.1, 0.15) is 10.9 Å². The molecule has 2 nitrogen and oxygen atoms in total. The maximum atomic E-state index is 6.60. The third-order valence-corrected chi connectivity index (χ3v) is 5.16. The van der Waals surface area contributed by atoms with Crippen molar-refractivity contribution in [2.75, 3.05) is 7.11 Å². The largest absolute Gasteiger partial charge is 0.497 e. The van der Waals surface area contributed by atoms with Crippen LogP contribution >= 0.6 is 11.6 Å². The second-order valence-corrected chi connectivity index (χ2v) is 7.08. The van der Waals surface area contributed by atoms with Crippen LogP contribution in [0.5, 0.6) is 5.75 Å². The normalized spacial score (nSPS) is 11.0. The summed E-state index contributed by atoms with van der Waals surface area (Å²) in [6.07, 6.45) is 0. The van der Waals surface area contributed by atoms with Crippen LogP contribution < -0.4 is 4.74 Å². The van der Waals surface area contributed by atoms with Crippen molar-refractivity contribution in [3.8, 4) is 28.1 Å². The summed E-state index contributed by atoms with van der Waals surface area (Å²) in [7, 11) is 1.68. The van der Waals surface area contributed by atoms with E-state index in [0.717, 1.165) is 44.5 Å². The Kier molecular flexibility index (Phi) is 4.59. The van der Waals surface area contributed by atoms with Crippen molar-refractivity contribution >= 4 is 22.4 Å². The number of hydrogen-bond donors (Lipinski definition) is 0. The van der Waals surface area contributed by atoms with Gasteiger partial charge < -0.3 is 4.74 Å². The van der Waals surface area contributed by atoms with Crippen LogP contribution in [0.1, 0.15) is 11.1 Å². The van der Waals surface area contributed by atoms with Gasteiger partial charge in [-0.25, -0.2) is 4.98 Å². The highest BCUT2D eigenvalue weighted by Gasteiger charge is 2.18. The SMILES string of the molecule is COc1cccc(-c2c(-c3ccccc3C)nc(Cl)c3ccc(C)cc23)c1. The molecule has 3 heteroatoms. The molecule has 0 saturated heterocycles. The van der Waals surface area contributed by atoms with Gasteiger partial charge in [0.05, 0.1) is 12.8 Å².